The Balaban J connectivity index is 1.45. The largest absolute Gasteiger partial charge is 0.490 e. The maximum absolute atomic E-state index is 13.5. The van der Waals surface area contributed by atoms with E-state index in [2.05, 4.69) is 21.8 Å². The van der Waals surface area contributed by atoms with Gasteiger partial charge in [-0.1, -0.05) is 36.7 Å². The van der Waals surface area contributed by atoms with E-state index in [0.29, 0.717) is 43.3 Å². The van der Waals surface area contributed by atoms with Crippen LogP contribution < -0.4 is 14.4 Å². The van der Waals surface area contributed by atoms with Crippen LogP contribution in [-0.4, -0.2) is 73.3 Å². The summed E-state index contributed by atoms with van der Waals surface area (Å²) in [6.07, 6.45) is 10.3. The van der Waals surface area contributed by atoms with Crippen LogP contribution in [0.4, 0.5) is 5.69 Å². The molecule has 4 aliphatic rings. The summed E-state index contributed by atoms with van der Waals surface area (Å²) in [5, 5.41) is -0.162. The van der Waals surface area contributed by atoms with Crippen molar-refractivity contribution in [2.45, 2.75) is 75.1 Å². The molecule has 49 heavy (non-hydrogen) atoms. The zero-order chi connectivity index (χ0) is 35.2. The highest BCUT2D eigenvalue weighted by Crippen LogP contribution is 2.50. The summed E-state index contributed by atoms with van der Waals surface area (Å²) in [7, 11) is -6.03. The van der Waals surface area contributed by atoms with Gasteiger partial charge in [0.15, 0.2) is 0 Å². The second kappa shape index (κ2) is 13.8. The minimum atomic E-state index is -4.02. The molecule has 1 amide bonds. The van der Waals surface area contributed by atoms with Gasteiger partial charge in [0.05, 0.1) is 36.0 Å². The Morgan fingerprint density at radius 3 is 2.65 bits per heavy atom. The van der Waals surface area contributed by atoms with Crippen molar-refractivity contribution in [2.24, 2.45) is 17.8 Å². The van der Waals surface area contributed by atoms with Crippen molar-refractivity contribution in [3.63, 3.8) is 0 Å². The predicted molar refractivity (Wildman–Crippen MR) is 190 cm³/mol. The number of halogens is 1. The van der Waals surface area contributed by atoms with Crippen molar-refractivity contribution in [2.75, 3.05) is 44.6 Å². The lowest BCUT2D eigenvalue weighted by Crippen LogP contribution is -2.53. The number of fused-ring (bicyclic) bond motifs is 4. The molecule has 1 fully saturated rings. The van der Waals surface area contributed by atoms with Gasteiger partial charge in [-0.25, -0.2) is 13.1 Å². The summed E-state index contributed by atoms with van der Waals surface area (Å²) < 4.78 is 71.1. The Hall–Kier alpha value is -2.64. The summed E-state index contributed by atoms with van der Waals surface area (Å²) >= 11 is 6.43. The fraction of sp³-hybridized carbons (Fsp3) is 0.583. The first kappa shape index (κ1) is 36.2. The minimum absolute atomic E-state index is 0.0359. The van der Waals surface area contributed by atoms with Gasteiger partial charge in [0, 0.05) is 42.6 Å². The lowest BCUT2D eigenvalue weighted by molar-refractivity contribution is -0.0847. The molecule has 0 unspecified atom stereocenters. The Morgan fingerprint density at radius 1 is 1.14 bits per heavy atom. The molecule has 2 aromatic carbocycles. The lowest BCUT2D eigenvalue weighted by atomic mass is 9.63. The van der Waals surface area contributed by atoms with E-state index >= 15 is 0 Å². The van der Waals surface area contributed by atoms with Crippen molar-refractivity contribution >= 4 is 43.3 Å². The standard InChI is InChI=1S/C36H47ClN2O8S2/c1-24-7-5-16-36(45-3,17-18-47-48(4,41)42)31-12-9-28(31)21-39-22-35(15-6-8-26-19-29(37)11-13-30(26)35)23-46-33-14-10-27(20-32(33)39)34(40)38-49(43,44)25(24)2/h5,10-11,13-14,16,19-20,24-25,28,31H,6-9,12,15,17-18,21-23H2,1-4H3,(H,38,40)/b16-5+/t24-,25+,28-,31+,35-,36+/m0/s1. The molecule has 2 bridgehead atoms. The Bertz CT molecular complexity index is 1830. The maximum Gasteiger partial charge on any atom is 0.264 e. The third-order valence-corrected chi connectivity index (χ3v) is 14.1. The first-order valence-electron chi connectivity index (χ1n) is 17.1. The Kier molecular flexibility index (Phi) is 10.2. The van der Waals surface area contributed by atoms with Crippen LogP contribution in [0.2, 0.25) is 5.02 Å². The number of sulfonamides is 1. The monoisotopic (exact) mass is 734 g/mol. The molecule has 6 atom stereocenters. The molecule has 1 N–H and O–H groups in total. The molecule has 6 rings (SSSR count). The second-order valence-corrected chi connectivity index (χ2v) is 18.6. The summed E-state index contributed by atoms with van der Waals surface area (Å²) in [6, 6.07) is 11.2. The highest BCUT2D eigenvalue weighted by atomic mass is 35.5. The molecule has 2 heterocycles. The number of nitrogens with zero attached hydrogens (tertiary/aromatic N) is 1. The molecule has 0 saturated heterocycles. The van der Waals surface area contributed by atoms with Crippen molar-refractivity contribution < 1.29 is 35.3 Å². The quantitative estimate of drug-likeness (QED) is 0.307. The van der Waals surface area contributed by atoms with Gasteiger partial charge < -0.3 is 14.4 Å². The molecule has 13 heteroatoms. The number of carbonyl (C=O) groups is 1. The van der Waals surface area contributed by atoms with E-state index in [9.17, 15) is 21.6 Å². The molecule has 0 radical (unpaired) electrons. The number of anilines is 1. The highest BCUT2D eigenvalue weighted by Gasteiger charge is 2.49. The number of amides is 1. The van der Waals surface area contributed by atoms with Crippen LogP contribution in [0.1, 0.15) is 73.9 Å². The molecular formula is C36H47ClN2O8S2. The van der Waals surface area contributed by atoms with Crippen molar-refractivity contribution in [3.05, 3.63) is 70.3 Å². The van der Waals surface area contributed by atoms with Gasteiger partial charge in [-0.2, -0.15) is 8.42 Å². The van der Waals surface area contributed by atoms with Gasteiger partial charge in [-0.3, -0.25) is 8.98 Å². The Labute approximate surface area is 295 Å². The molecular weight excluding hydrogens is 688 g/mol. The molecule has 10 nitrogen and oxygen atoms in total. The molecule has 0 aromatic heterocycles. The van der Waals surface area contributed by atoms with Gasteiger partial charge in [0.2, 0.25) is 10.0 Å². The van der Waals surface area contributed by atoms with Crippen LogP contribution in [0.3, 0.4) is 0 Å². The average molecular weight is 735 g/mol. The molecule has 1 spiro atoms. The first-order valence-corrected chi connectivity index (χ1v) is 20.8. The molecule has 2 aliphatic heterocycles. The van der Waals surface area contributed by atoms with Gasteiger partial charge >= 0.3 is 0 Å². The molecule has 2 aliphatic carbocycles. The number of aryl methyl sites for hydroxylation is 1. The first-order chi connectivity index (χ1) is 23.2. The number of benzene rings is 2. The molecule has 1 saturated carbocycles. The number of ether oxygens (including phenoxy) is 2. The van der Waals surface area contributed by atoms with Gasteiger partial charge in [0.1, 0.15) is 5.75 Å². The molecule has 268 valence electrons. The number of allylic oxidation sites excluding steroid dienone is 1. The van der Waals surface area contributed by atoms with Crippen LogP contribution in [-0.2, 0) is 40.9 Å². The van der Waals surface area contributed by atoms with Crippen molar-refractivity contribution in [3.8, 4) is 5.75 Å². The van der Waals surface area contributed by atoms with Crippen LogP contribution in [0.15, 0.2) is 48.6 Å². The number of nitrogens with one attached hydrogen (secondary N) is 1. The fourth-order valence-corrected chi connectivity index (χ4v) is 10.2. The summed E-state index contributed by atoms with van der Waals surface area (Å²) in [5.41, 5.74) is 2.24. The van der Waals surface area contributed by atoms with E-state index in [0.717, 1.165) is 44.0 Å². The zero-order valence-electron chi connectivity index (χ0n) is 28.6. The number of hydrogen-bond donors (Lipinski definition) is 1. The maximum atomic E-state index is 13.5. The predicted octanol–water partition coefficient (Wildman–Crippen LogP) is 5.63. The summed E-state index contributed by atoms with van der Waals surface area (Å²) in [6.45, 7) is 5.10. The topological polar surface area (TPSA) is 128 Å². The normalized spacial score (nSPS) is 32.1. The third kappa shape index (κ3) is 7.40. The average Bonchev–Trinajstić information content (AvgIpc) is 3.17. The van der Waals surface area contributed by atoms with Gasteiger partial charge in [-0.05, 0) is 105 Å². The van der Waals surface area contributed by atoms with Crippen LogP contribution in [0.25, 0.3) is 0 Å². The van der Waals surface area contributed by atoms with Gasteiger partial charge in [0.25, 0.3) is 16.0 Å². The van der Waals surface area contributed by atoms with Gasteiger partial charge in [-0.15, -0.1) is 0 Å². The highest BCUT2D eigenvalue weighted by molar-refractivity contribution is 7.90. The third-order valence-electron chi connectivity index (χ3n) is 11.4. The number of rotatable bonds is 5. The SMILES string of the molecule is CO[C@@]1(CCOS(C)(=O)=O)/C=C/C[C@H](C)[C@@H](C)S(=O)(=O)NC(=O)c2ccc3c(c2)N(C[C@@H]2CC[C@H]21)C[C@@]1(CCCc2cc(Cl)ccc21)CO3. The summed E-state index contributed by atoms with van der Waals surface area (Å²) in [4.78, 5) is 15.8. The van der Waals surface area contributed by atoms with E-state index in [1.165, 1.54) is 11.1 Å². The van der Waals surface area contributed by atoms with Crippen LogP contribution in [0.5, 0.6) is 5.75 Å². The fourth-order valence-electron chi connectivity index (χ4n) is 8.30. The van der Waals surface area contributed by atoms with E-state index in [1.54, 1.807) is 32.2 Å². The number of hydrogen-bond acceptors (Lipinski definition) is 9. The van der Waals surface area contributed by atoms with Crippen LogP contribution in [0, 0.1) is 17.8 Å². The minimum Gasteiger partial charge on any atom is -0.490 e. The van der Waals surface area contributed by atoms with Crippen LogP contribution >= 0.6 is 11.6 Å². The number of carbonyl (C=O) groups excluding carboxylic acids is 1. The van der Waals surface area contributed by atoms with E-state index in [1.807, 2.05) is 25.1 Å². The Morgan fingerprint density at radius 2 is 1.94 bits per heavy atom. The van der Waals surface area contributed by atoms with E-state index < -0.39 is 36.9 Å². The lowest BCUT2D eigenvalue weighted by Gasteiger charge is -2.50. The second-order valence-electron chi connectivity index (χ2n) is 14.5. The number of methoxy groups -OCH3 is 1. The van der Waals surface area contributed by atoms with Crippen molar-refractivity contribution in [1.82, 2.24) is 4.72 Å². The smallest absolute Gasteiger partial charge is 0.264 e. The molecule has 2 aromatic rings. The van der Waals surface area contributed by atoms with E-state index in [4.69, 9.17) is 25.3 Å². The zero-order valence-corrected chi connectivity index (χ0v) is 31.0. The van der Waals surface area contributed by atoms with Crippen molar-refractivity contribution in [1.29, 1.82) is 0 Å². The summed E-state index contributed by atoms with van der Waals surface area (Å²) in [5.74, 6) is -0.161. The van der Waals surface area contributed by atoms with E-state index in [-0.39, 0.29) is 35.3 Å².